The van der Waals surface area contributed by atoms with Gasteiger partial charge in [-0.15, -0.1) is 6.42 Å². The van der Waals surface area contributed by atoms with Gasteiger partial charge in [0, 0.05) is 5.57 Å². The molecule has 0 fully saturated rings. The van der Waals surface area contributed by atoms with Crippen molar-refractivity contribution in [2.45, 2.75) is 20.0 Å². The third-order valence-electron chi connectivity index (χ3n) is 3.81. The fourth-order valence-electron chi connectivity index (χ4n) is 2.48. The normalized spacial score (nSPS) is 16.2. The van der Waals surface area contributed by atoms with Crippen LogP contribution < -0.4 is 4.52 Å². The van der Waals surface area contributed by atoms with Crippen molar-refractivity contribution in [3.8, 4) is 36.3 Å². The van der Waals surface area contributed by atoms with Gasteiger partial charge in [0.15, 0.2) is 11.3 Å². The number of allylic oxidation sites excluding steroid dienone is 2. The molecule has 1 aromatic carbocycles. The SMILES string of the molecule is C#CCOP(OCC)Oc1ccc(/C=C/C2=C(C#N)C(=C(C#N)C#N)OC2C)cc1. The summed E-state index contributed by atoms with van der Waals surface area (Å²) in [5.74, 6) is 2.96. The van der Waals surface area contributed by atoms with E-state index in [2.05, 4.69) is 5.92 Å². The lowest BCUT2D eigenvalue weighted by Gasteiger charge is -2.15. The largest absolute Gasteiger partial charge is 0.482 e. The van der Waals surface area contributed by atoms with Crippen LogP contribution >= 0.6 is 8.60 Å². The van der Waals surface area contributed by atoms with Gasteiger partial charge in [0.2, 0.25) is 0 Å². The number of terminal acetylenes is 1. The van der Waals surface area contributed by atoms with Gasteiger partial charge in [0.25, 0.3) is 0 Å². The van der Waals surface area contributed by atoms with Gasteiger partial charge in [-0.05, 0) is 31.5 Å². The minimum absolute atomic E-state index is 0.0228. The molecule has 0 radical (unpaired) electrons. The first-order valence-electron chi connectivity index (χ1n) is 8.89. The zero-order chi connectivity index (χ0) is 21.9. The highest BCUT2D eigenvalue weighted by Gasteiger charge is 2.29. The highest BCUT2D eigenvalue weighted by molar-refractivity contribution is 7.42. The molecule has 0 bridgehead atoms. The first-order valence-corrected chi connectivity index (χ1v) is 9.98. The van der Waals surface area contributed by atoms with Crippen molar-refractivity contribution in [3.63, 3.8) is 0 Å². The van der Waals surface area contributed by atoms with E-state index in [4.69, 9.17) is 35.3 Å². The van der Waals surface area contributed by atoms with Crippen LogP contribution in [0.5, 0.6) is 5.75 Å². The molecule has 1 aromatic rings. The molecule has 150 valence electrons. The predicted octanol–water partition coefficient (Wildman–Crippen LogP) is 4.53. The molecule has 2 unspecified atom stereocenters. The number of benzene rings is 1. The smallest absolute Gasteiger partial charge is 0.398 e. The summed E-state index contributed by atoms with van der Waals surface area (Å²) in [4.78, 5) is 0. The maximum absolute atomic E-state index is 9.46. The quantitative estimate of drug-likeness (QED) is 0.346. The number of hydrogen-bond donors (Lipinski definition) is 0. The first kappa shape index (κ1) is 22.7. The van der Waals surface area contributed by atoms with Gasteiger partial charge >= 0.3 is 8.60 Å². The molecule has 7 nitrogen and oxygen atoms in total. The molecule has 0 spiro atoms. The molecule has 1 aliphatic heterocycles. The van der Waals surface area contributed by atoms with Crippen molar-refractivity contribution in [2.75, 3.05) is 13.2 Å². The molecular formula is C22H18N3O4P. The zero-order valence-electron chi connectivity index (χ0n) is 16.5. The summed E-state index contributed by atoms with van der Waals surface area (Å²) in [6.45, 7) is 4.11. The third-order valence-corrected chi connectivity index (χ3v) is 4.98. The monoisotopic (exact) mass is 419 g/mol. The molecule has 8 heteroatoms. The Morgan fingerprint density at radius 3 is 2.43 bits per heavy atom. The Labute approximate surface area is 177 Å². The van der Waals surface area contributed by atoms with Crippen molar-refractivity contribution in [2.24, 2.45) is 0 Å². The van der Waals surface area contributed by atoms with E-state index in [0.29, 0.717) is 17.9 Å². The Bertz CT molecular complexity index is 1010. The van der Waals surface area contributed by atoms with E-state index in [9.17, 15) is 5.26 Å². The molecule has 2 atom stereocenters. The van der Waals surface area contributed by atoms with Gasteiger partial charge in [0.05, 0.1) is 6.61 Å². The van der Waals surface area contributed by atoms with Gasteiger partial charge < -0.3 is 13.8 Å². The molecule has 0 N–H and O–H groups in total. The fraction of sp³-hybridized carbons (Fsp3) is 0.227. The van der Waals surface area contributed by atoms with E-state index in [1.165, 1.54) is 0 Å². The van der Waals surface area contributed by atoms with Crippen molar-refractivity contribution in [1.82, 2.24) is 0 Å². The number of nitrogens with zero attached hydrogens (tertiary/aromatic N) is 3. The molecule has 0 aliphatic carbocycles. The Kier molecular flexibility index (Phi) is 8.65. The average molecular weight is 419 g/mol. The molecule has 2 rings (SSSR count). The van der Waals surface area contributed by atoms with Crippen LogP contribution in [-0.4, -0.2) is 19.3 Å². The van der Waals surface area contributed by atoms with Crippen LogP contribution in [0.3, 0.4) is 0 Å². The van der Waals surface area contributed by atoms with Crippen LogP contribution in [0.4, 0.5) is 0 Å². The van der Waals surface area contributed by atoms with Gasteiger partial charge in [0.1, 0.15) is 42.2 Å². The van der Waals surface area contributed by atoms with Crippen molar-refractivity contribution in [1.29, 1.82) is 15.8 Å². The van der Waals surface area contributed by atoms with E-state index < -0.39 is 14.7 Å². The molecule has 0 amide bonds. The van der Waals surface area contributed by atoms with Crippen LogP contribution in [0, 0.1) is 46.3 Å². The summed E-state index contributed by atoms with van der Waals surface area (Å²) >= 11 is 0. The average Bonchev–Trinajstić information content (AvgIpc) is 3.07. The zero-order valence-corrected chi connectivity index (χ0v) is 17.3. The van der Waals surface area contributed by atoms with Crippen LogP contribution in [-0.2, 0) is 13.8 Å². The highest BCUT2D eigenvalue weighted by Crippen LogP contribution is 2.40. The van der Waals surface area contributed by atoms with E-state index in [1.807, 2.05) is 25.1 Å². The van der Waals surface area contributed by atoms with Gasteiger partial charge in [-0.3, -0.25) is 4.52 Å². The Morgan fingerprint density at radius 2 is 1.87 bits per heavy atom. The summed E-state index contributed by atoms with van der Waals surface area (Å²) in [6.07, 6.45) is 8.28. The van der Waals surface area contributed by atoms with Gasteiger partial charge in [-0.2, -0.15) is 15.8 Å². The summed E-state index contributed by atoms with van der Waals surface area (Å²) in [5, 5.41) is 27.6. The second-order valence-electron chi connectivity index (χ2n) is 5.74. The van der Waals surface area contributed by atoms with Crippen LogP contribution in [0.25, 0.3) is 6.08 Å². The van der Waals surface area contributed by atoms with E-state index in [0.717, 1.165) is 5.56 Å². The van der Waals surface area contributed by atoms with Gasteiger partial charge in [-0.1, -0.05) is 30.2 Å². The summed E-state index contributed by atoms with van der Waals surface area (Å²) in [5.41, 5.74) is 1.41. The minimum Gasteiger partial charge on any atom is -0.482 e. The van der Waals surface area contributed by atoms with Crippen LogP contribution in [0.2, 0.25) is 0 Å². The van der Waals surface area contributed by atoms with Crippen molar-refractivity contribution in [3.05, 3.63) is 58.4 Å². The minimum atomic E-state index is -1.58. The van der Waals surface area contributed by atoms with Crippen LogP contribution in [0.1, 0.15) is 19.4 Å². The van der Waals surface area contributed by atoms with E-state index in [-0.39, 0.29) is 23.5 Å². The topological polar surface area (TPSA) is 108 Å². The fourth-order valence-corrected chi connectivity index (χ4v) is 3.34. The molecule has 30 heavy (non-hydrogen) atoms. The summed E-state index contributed by atoms with van der Waals surface area (Å²) in [7, 11) is -1.58. The Balaban J connectivity index is 2.19. The second kappa shape index (κ2) is 11.4. The molecule has 0 aromatic heterocycles. The number of ether oxygens (including phenoxy) is 1. The molecule has 1 heterocycles. The van der Waals surface area contributed by atoms with E-state index >= 15 is 0 Å². The van der Waals surface area contributed by atoms with E-state index in [1.54, 1.807) is 43.3 Å². The summed E-state index contributed by atoms with van der Waals surface area (Å²) in [6, 6.07) is 12.7. The maximum atomic E-state index is 9.46. The number of hydrogen-bond acceptors (Lipinski definition) is 7. The molecule has 0 saturated carbocycles. The lowest BCUT2D eigenvalue weighted by atomic mass is 10.0. The molecule has 0 saturated heterocycles. The van der Waals surface area contributed by atoms with Gasteiger partial charge in [-0.25, -0.2) is 0 Å². The Hall–Kier alpha value is -3.58. The first-order chi connectivity index (χ1) is 14.6. The lowest BCUT2D eigenvalue weighted by Crippen LogP contribution is -2.01. The molecular weight excluding hydrogens is 401 g/mol. The van der Waals surface area contributed by atoms with Crippen molar-refractivity contribution < 1.29 is 18.3 Å². The standard InChI is InChI=1S/C22H18N3O4P/c1-4-12-27-30(26-5-2)29-19-9-6-17(7-10-19)8-11-20-16(3)28-22(21(20)15-25)18(13-23)14-24/h1,6-11,16H,5,12H2,2-3H3/b11-8+. The third kappa shape index (κ3) is 5.71. The van der Waals surface area contributed by atoms with Crippen molar-refractivity contribution >= 4 is 14.7 Å². The van der Waals surface area contributed by atoms with Crippen LogP contribution in [0.15, 0.2) is 52.8 Å². The number of nitriles is 3. The lowest BCUT2D eigenvalue weighted by molar-refractivity contribution is 0.191. The Morgan fingerprint density at radius 1 is 1.17 bits per heavy atom. The predicted molar refractivity (Wildman–Crippen MR) is 111 cm³/mol. The number of rotatable bonds is 8. The summed E-state index contributed by atoms with van der Waals surface area (Å²) < 4.78 is 21.9. The molecule has 1 aliphatic rings. The second-order valence-corrected chi connectivity index (χ2v) is 6.89. The highest BCUT2D eigenvalue weighted by atomic mass is 31.2. The maximum Gasteiger partial charge on any atom is 0.398 e.